The molecule has 0 amide bonds. The van der Waals surface area contributed by atoms with E-state index in [2.05, 4.69) is 38.9 Å². The molecule has 2 aromatic heterocycles. The molecule has 3 rings (SSSR count). The van der Waals surface area contributed by atoms with E-state index in [4.69, 9.17) is 4.52 Å². The first-order valence-electron chi connectivity index (χ1n) is 7.72. The van der Waals surface area contributed by atoms with Gasteiger partial charge in [-0.3, -0.25) is 4.90 Å². The highest BCUT2D eigenvalue weighted by Crippen LogP contribution is 2.18. The second-order valence-electron chi connectivity index (χ2n) is 6.00. The molecule has 1 saturated heterocycles. The molecule has 1 aliphatic heterocycles. The molecule has 6 nitrogen and oxygen atoms in total. The molecule has 0 spiro atoms. The topological polar surface area (TPSA) is 58.3 Å². The molecule has 0 aromatic carbocycles. The summed E-state index contributed by atoms with van der Waals surface area (Å²) in [7, 11) is 2.15. The fraction of sp³-hybridized carbons (Fsp3) is 0.667. The van der Waals surface area contributed by atoms with Gasteiger partial charge in [-0.1, -0.05) is 5.16 Å². The summed E-state index contributed by atoms with van der Waals surface area (Å²) in [5, 5.41) is 3.98. The maximum atomic E-state index is 5.04. The third-order valence-electron chi connectivity index (χ3n) is 4.33. The molecule has 0 radical (unpaired) electrons. The lowest BCUT2D eigenvalue weighted by molar-refractivity contribution is 0.218. The van der Waals surface area contributed by atoms with E-state index >= 15 is 0 Å². The molecule has 1 atom stereocenters. The lowest BCUT2D eigenvalue weighted by Gasteiger charge is -2.23. The first kappa shape index (κ1) is 15.6. The minimum atomic E-state index is 0.571. The van der Waals surface area contributed by atoms with E-state index in [1.807, 2.05) is 12.4 Å². The summed E-state index contributed by atoms with van der Waals surface area (Å²) < 4.78 is 5.04. The van der Waals surface area contributed by atoms with Crippen LogP contribution in [0.15, 0.2) is 10.0 Å². The van der Waals surface area contributed by atoms with Gasteiger partial charge in [0.05, 0.1) is 17.7 Å². The molecule has 0 unspecified atom stereocenters. The summed E-state index contributed by atoms with van der Waals surface area (Å²) >= 11 is 1.77. The molecular weight excluding hydrogens is 298 g/mol. The van der Waals surface area contributed by atoms with E-state index < -0.39 is 0 Å². The number of likely N-dealkylation sites (tertiary alicyclic amines) is 1. The van der Waals surface area contributed by atoms with Gasteiger partial charge in [0.1, 0.15) is 0 Å². The van der Waals surface area contributed by atoms with E-state index in [-0.39, 0.29) is 0 Å². The number of likely N-dealkylation sites (N-methyl/N-ethyl adjacent to an activating group) is 1. The first-order chi connectivity index (χ1) is 10.6. The molecule has 7 heteroatoms. The van der Waals surface area contributed by atoms with E-state index in [1.165, 1.54) is 17.0 Å². The van der Waals surface area contributed by atoms with Crippen molar-refractivity contribution in [3.63, 3.8) is 0 Å². The number of aromatic nitrogens is 3. The summed E-state index contributed by atoms with van der Waals surface area (Å²) in [6.45, 7) is 8.08. The lowest BCUT2D eigenvalue weighted by atomic mass is 10.2. The monoisotopic (exact) mass is 321 g/mol. The molecule has 0 saturated carbocycles. The SMILES string of the molecule is Cc1nc(CN(C)[C@H]2CCN(CCc3scnc3C)C2)no1. The highest BCUT2D eigenvalue weighted by Gasteiger charge is 2.26. The molecule has 120 valence electrons. The molecule has 3 heterocycles. The molecule has 1 aliphatic rings. The fourth-order valence-corrected chi connectivity index (χ4v) is 3.73. The van der Waals surface area contributed by atoms with Gasteiger partial charge in [-0.25, -0.2) is 4.98 Å². The van der Waals surface area contributed by atoms with Crippen molar-refractivity contribution in [2.24, 2.45) is 0 Å². The lowest BCUT2D eigenvalue weighted by Crippen LogP contribution is -2.34. The minimum absolute atomic E-state index is 0.571. The smallest absolute Gasteiger partial charge is 0.223 e. The Morgan fingerprint density at radius 1 is 1.45 bits per heavy atom. The maximum Gasteiger partial charge on any atom is 0.223 e. The van der Waals surface area contributed by atoms with Crippen molar-refractivity contribution in [1.29, 1.82) is 0 Å². The fourth-order valence-electron chi connectivity index (χ4n) is 2.96. The molecule has 0 aliphatic carbocycles. The van der Waals surface area contributed by atoms with Crippen molar-refractivity contribution in [2.75, 3.05) is 26.7 Å². The third kappa shape index (κ3) is 3.71. The van der Waals surface area contributed by atoms with Crippen LogP contribution in [-0.4, -0.2) is 57.6 Å². The van der Waals surface area contributed by atoms with E-state index in [0.717, 1.165) is 38.4 Å². The molecule has 22 heavy (non-hydrogen) atoms. The number of nitrogens with zero attached hydrogens (tertiary/aromatic N) is 5. The molecular formula is C15H23N5OS. The minimum Gasteiger partial charge on any atom is -0.340 e. The van der Waals surface area contributed by atoms with Gasteiger partial charge in [0.25, 0.3) is 0 Å². The average molecular weight is 321 g/mol. The van der Waals surface area contributed by atoms with Gasteiger partial charge in [-0.05, 0) is 33.4 Å². The van der Waals surface area contributed by atoms with Crippen LogP contribution >= 0.6 is 11.3 Å². The van der Waals surface area contributed by atoms with Gasteiger partial charge in [0.15, 0.2) is 5.82 Å². The van der Waals surface area contributed by atoms with Crippen molar-refractivity contribution in [1.82, 2.24) is 24.9 Å². The van der Waals surface area contributed by atoms with Crippen molar-refractivity contribution in [3.05, 3.63) is 27.8 Å². The number of hydrogen-bond acceptors (Lipinski definition) is 7. The summed E-state index contributed by atoms with van der Waals surface area (Å²) in [6.07, 6.45) is 2.31. The van der Waals surface area contributed by atoms with Crippen LogP contribution in [0.1, 0.15) is 28.7 Å². The number of thiazole rings is 1. The second kappa shape index (κ2) is 6.85. The average Bonchev–Trinajstić information content (AvgIpc) is 3.19. The van der Waals surface area contributed by atoms with E-state index in [0.29, 0.717) is 11.9 Å². The largest absolute Gasteiger partial charge is 0.340 e. The predicted octanol–water partition coefficient (Wildman–Crippen LogP) is 1.89. The van der Waals surface area contributed by atoms with Crippen molar-refractivity contribution >= 4 is 11.3 Å². The van der Waals surface area contributed by atoms with Crippen molar-refractivity contribution in [2.45, 2.75) is 39.3 Å². The normalized spacial score (nSPS) is 19.4. The first-order valence-corrected chi connectivity index (χ1v) is 8.60. The van der Waals surface area contributed by atoms with Crippen LogP contribution in [-0.2, 0) is 13.0 Å². The Kier molecular flexibility index (Phi) is 4.85. The summed E-state index contributed by atoms with van der Waals surface area (Å²) in [4.78, 5) is 14.9. The van der Waals surface area contributed by atoms with E-state index in [1.54, 1.807) is 11.3 Å². The third-order valence-corrected chi connectivity index (χ3v) is 5.33. The van der Waals surface area contributed by atoms with Crippen LogP contribution < -0.4 is 0 Å². The Bertz CT molecular complexity index is 611. The highest BCUT2D eigenvalue weighted by atomic mass is 32.1. The van der Waals surface area contributed by atoms with Crippen LogP contribution in [0.4, 0.5) is 0 Å². The van der Waals surface area contributed by atoms with Gasteiger partial charge < -0.3 is 9.42 Å². The van der Waals surface area contributed by atoms with E-state index in [9.17, 15) is 0 Å². The molecule has 0 bridgehead atoms. The summed E-state index contributed by atoms with van der Waals surface area (Å²) in [5.74, 6) is 1.41. The van der Waals surface area contributed by atoms with Crippen LogP contribution in [0.3, 0.4) is 0 Å². The van der Waals surface area contributed by atoms with Crippen LogP contribution in [0.25, 0.3) is 0 Å². The van der Waals surface area contributed by atoms with Crippen LogP contribution in [0.5, 0.6) is 0 Å². The Morgan fingerprint density at radius 3 is 3.00 bits per heavy atom. The van der Waals surface area contributed by atoms with Crippen LogP contribution in [0.2, 0.25) is 0 Å². The molecule has 0 N–H and O–H groups in total. The number of rotatable bonds is 6. The quantitative estimate of drug-likeness (QED) is 0.810. The van der Waals surface area contributed by atoms with Gasteiger partial charge in [0, 0.05) is 30.9 Å². The Balaban J connectivity index is 1.46. The second-order valence-corrected chi connectivity index (χ2v) is 6.94. The zero-order chi connectivity index (χ0) is 15.5. The molecule has 1 fully saturated rings. The van der Waals surface area contributed by atoms with Crippen LogP contribution in [0, 0.1) is 13.8 Å². The highest BCUT2D eigenvalue weighted by molar-refractivity contribution is 7.09. The van der Waals surface area contributed by atoms with Gasteiger partial charge >= 0.3 is 0 Å². The van der Waals surface area contributed by atoms with Crippen molar-refractivity contribution in [3.8, 4) is 0 Å². The molecule has 2 aromatic rings. The summed E-state index contributed by atoms with van der Waals surface area (Å²) in [6, 6.07) is 0.571. The van der Waals surface area contributed by atoms with Gasteiger partial charge in [0.2, 0.25) is 5.89 Å². The maximum absolute atomic E-state index is 5.04. The van der Waals surface area contributed by atoms with Crippen molar-refractivity contribution < 1.29 is 4.52 Å². The Hall–Kier alpha value is -1.31. The Labute approximate surface area is 135 Å². The van der Waals surface area contributed by atoms with Gasteiger partial charge in [-0.2, -0.15) is 4.98 Å². The summed E-state index contributed by atoms with van der Waals surface area (Å²) in [5.41, 5.74) is 3.13. The predicted molar refractivity (Wildman–Crippen MR) is 85.9 cm³/mol. The number of aryl methyl sites for hydroxylation is 2. The zero-order valence-electron chi connectivity index (χ0n) is 13.4. The number of hydrogen-bond donors (Lipinski definition) is 0. The zero-order valence-corrected chi connectivity index (χ0v) is 14.3. The standard InChI is InChI=1S/C15H23N5OS/c1-11-14(22-10-16-11)5-7-20-6-4-13(8-20)19(3)9-15-17-12(2)21-18-15/h10,13H,4-9H2,1-3H3/t13-/m0/s1. The van der Waals surface area contributed by atoms with Gasteiger partial charge in [-0.15, -0.1) is 11.3 Å². The Morgan fingerprint density at radius 2 is 2.32 bits per heavy atom.